The predicted octanol–water partition coefficient (Wildman–Crippen LogP) is 1.29. The van der Waals surface area contributed by atoms with Crippen LogP contribution < -0.4 is 68.9 Å². The maximum Gasteiger partial charge on any atom is 1.00 e. The number of hydrogen-bond acceptors (Lipinski definition) is 0. The number of benzene rings is 2. The summed E-state index contributed by atoms with van der Waals surface area (Å²) in [5.41, 5.74) is 2.63. The third-order valence-corrected chi connectivity index (χ3v) is 2.11. The molecule has 0 atom stereocenters. The molecule has 0 spiro atoms. The van der Waals surface area contributed by atoms with Crippen molar-refractivity contribution in [3.63, 3.8) is 0 Å². The van der Waals surface area contributed by atoms with Gasteiger partial charge in [0, 0.05) is 0 Å². The fourth-order valence-electron chi connectivity index (χ4n) is 1.61. The van der Waals surface area contributed by atoms with E-state index >= 15 is 0 Å². The average molecular weight is 318 g/mol. The second kappa shape index (κ2) is 7.93. The van der Waals surface area contributed by atoms with Crippen LogP contribution in [0.1, 0.15) is 25.0 Å². The number of fused-ring (bicyclic) bond motifs is 1. The van der Waals surface area contributed by atoms with E-state index in [0.29, 0.717) is 0 Å². The molecule has 0 heterocycles. The van der Waals surface area contributed by atoms with Crippen molar-refractivity contribution in [3.8, 4) is 0 Å². The van der Waals surface area contributed by atoms with Crippen LogP contribution in [0.4, 0.5) is 0 Å². The first-order valence-corrected chi connectivity index (χ1v) is 5.15. The molecule has 0 radical (unpaired) electrons. The summed E-state index contributed by atoms with van der Waals surface area (Å²) in [7, 11) is 0. The molecule has 2 aromatic carbocycles. The van der Waals surface area contributed by atoms with E-state index in [4.69, 9.17) is 0 Å². The Kier molecular flexibility index (Phi) is 8.33. The van der Waals surface area contributed by atoms with Crippen molar-refractivity contribution in [2.24, 2.45) is 0 Å². The van der Waals surface area contributed by atoms with Crippen LogP contribution in [-0.2, 0) is 0 Å². The summed E-state index contributed by atoms with van der Waals surface area (Å²) in [5.74, 6) is 0. The van der Waals surface area contributed by atoms with Crippen molar-refractivity contribution in [2.75, 3.05) is 0 Å². The molecule has 15 heavy (non-hydrogen) atoms. The van der Waals surface area contributed by atoms with Gasteiger partial charge < -0.3 is 0 Å². The van der Waals surface area contributed by atoms with Gasteiger partial charge in [0.05, 0.1) is 0 Å². The largest absolute Gasteiger partial charge is 1.00 e. The molecule has 0 bridgehead atoms. The van der Waals surface area contributed by atoms with Gasteiger partial charge in [-0.15, -0.1) is 40.6 Å². The minimum absolute atomic E-state index is 0. The molecule has 0 fully saturated rings. The predicted molar refractivity (Wildman–Crippen MR) is 63.6 cm³/mol. The van der Waals surface area contributed by atoms with Gasteiger partial charge in [0.15, 0.2) is 0 Å². The second-order valence-corrected chi connectivity index (χ2v) is 3.22. The Morgan fingerprint density at radius 1 is 1.07 bits per heavy atom. The fourth-order valence-corrected chi connectivity index (χ4v) is 1.61. The molecule has 2 rings (SSSR count). The van der Waals surface area contributed by atoms with E-state index < -0.39 is 0 Å². The Labute approximate surface area is 152 Å². The van der Waals surface area contributed by atoms with E-state index in [9.17, 15) is 0 Å². The zero-order valence-corrected chi connectivity index (χ0v) is 16.7. The van der Waals surface area contributed by atoms with E-state index in [2.05, 4.69) is 38.1 Å². The second-order valence-electron chi connectivity index (χ2n) is 3.22. The molecule has 0 aliphatic carbocycles. The molecule has 0 amide bonds. The van der Waals surface area contributed by atoms with Crippen molar-refractivity contribution in [1.82, 2.24) is 0 Å². The van der Waals surface area contributed by atoms with Crippen LogP contribution in [0.2, 0.25) is 0 Å². The zero-order chi connectivity index (χ0) is 10.6. The standard InChI is InChI=1S/C12H11.C2H6.Cs/c1-9-7-10(2)12-6-4-3-5-11(12)8-9;1-2;/h3-5,7-8H,1-2H3;1-2H3;/q-1;;+1. The third kappa shape index (κ3) is 4.25. The molecule has 2 aromatic rings. The third-order valence-electron chi connectivity index (χ3n) is 2.11. The zero-order valence-electron chi connectivity index (χ0n) is 10.4. The first kappa shape index (κ1) is 15.8. The molecule has 0 aliphatic heterocycles. The monoisotopic (exact) mass is 318 g/mol. The van der Waals surface area contributed by atoms with Gasteiger partial charge in [0.2, 0.25) is 0 Å². The van der Waals surface area contributed by atoms with Gasteiger partial charge >= 0.3 is 68.9 Å². The molecule has 0 saturated heterocycles. The maximum atomic E-state index is 3.25. The molecule has 0 saturated carbocycles. The van der Waals surface area contributed by atoms with Crippen LogP contribution >= 0.6 is 0 Å². The van der Waals surface area contributed by atoms with Gasteiger partial charge in [-0.2, -0.15) is 0 Å². The van der Waals surface area contributed by atoms with Gasteiger partial charge in [-0.05, 0) is 6.92 Å². The quantitative estimate of drug-likeness (QED) is 0.642. The van der Waals surface area contributed by atoms with Gasteiger partial charge in [-0.3, -0.25) is 0 Å². The number of hydrogen-bond donors (Lipinski definition) is 0. The first-order valence-electron chi connectivity index (χ1n) is 5.15. The van der Waals surface area contributed by atoms with Gasteiger partial charge in [-0.1, -0.05) is 38.5 Å². The summed E-state index contributed by atoms with van der Waals surface area (Å²) in [6.45, 7) is 8.26. The molecular weight excluding hydrogens is 301 g/mol. The maximum absolute atomic E-state index is 3.25. The van der Waals surface area contributed by atoms with Crippen LogP contribution in [-0.4, -0.2) is 0 Å². The van der Waals surface area contributed by atoms with E-state index in [1.807, 2.05) is 26.0 Å². The number of aryl methyl sites for hydroxylation is 2. The first-order chi connectivity index (χ1) is 6.77. The molecule has 0 unspecified atom stereocenters. The summed E-state index contributed by atoms with van der Waals surface area (Å²) in [5, 5.41) is 2.53. The normalized spacial score (nSPS) is 8.80. The smallest absolute Gasteiger partial charge is 0.147 e. The minimum atomic E-state index is 0. The van der Waals surface area contributed by atoms with Crippen LogP contribution in [0, 0.1) is 19.9 Å². The summed E-state index contributed by atoms with van der Waals surface area (Å²) in [6.07, 6.45) is 0. The van der Waals surface area contributed by atoms with Crippen molar-refractivity contribution < 1.29 is 68.9 Å². The van der Waals surface area contributed by atoms with E-state index in [1.54, 1.807) is 0 Å². The molecule has 1 heteroatoms. The Balaban J connectivity index is 0.000000617. The Morgan fingerprint density at radius 2 is 1.73 bits per heavy atom. The van der Waals surface area contributed by atoms with E-state index in [1.165, 1.54) is 21.9 Å². The van der Waals surface area contributed by atoms with E-state index in [0.717, 1.165) is 0 Å². The van der Waals surface area contributed by atoms with Crippen LogP contribution in [0.3, 0.4) is 0 Å². The summed E-state index contributed by atoms with van der Waals surface area (Å²) in [4.78, 5) is 0. The Morgan fingerprint density at radius 3 is 2.40 bits per heavy atom. The Hall–Kier alpha value is 0.752. The summed E-state index contributed by atoms with van der Waals surface area (Å²) in [6, 6.07) is 13.8. The average Bonchev–Trinajstić information content (AvgIpc) is 2.20. The molecule has 0 N–H and O–H groups in total. The van der Waals surface area contributed by atoms with Crippen LogP contribution in [0.25, 0.3) is 10.8 Å². The van der Waals surface area contributed by atoms with Crippen molar-refractivity contribution in [2.45, 2.75) is 27.7 Å². The molecule has 74 valence electrons. The van der Waals surface area contributed by atoms with E-state index in [-0.39, 0.29) is 68.9 Å². The van der Waals surface area contributed by atoms with Crippen molar-refractivity contribution in [1.29, 1.82) is 0 Å². The topological polar surface area (TPSA) is 0 Å². The van der Waals surface area contributed by atoms with Crippen molar-refractivity contribution in [3.05, 3.63) is 47.5 Å². The van der Waals surface area contributed by atoms with Crippen LogP contribution in [0.15, 0.2) is 30.3 Å². The molecule has 0 nitrogen and oxygen atoms in total. The van der Waals surface area contributed by atoms with Gasteiger partial charge in [0.1, 0.15) is 0 Å². The van der Waals surface area contributed by atoms with Crippen molar-refractivity contribution >= 4 is 10.8 Å². The molecule has 0 aliphatic rings. The summed E-state index contributed by atoms with van der Waals surface area (Å²) >= 11 is 0. The molecular formula is C14H17Cs. The molecule has 0 aromatic heterocycles. The van der Waals surface area contributed by atoms with Crippen LogP contribution in [0.5, 0.6) is 0 Å². The van der Waals surface area contributed by atoms with Gasteiger partial charge in [-0.25, -0.2) is 0 Å². The minimum Gasteiger partial charge on any atom is -0.147 e. The Bertz CT molecular complexity index is 419. The van der Waals surface area contributed by atoms with Gasteiger partial charge in [0.25, 0.3) is 0 Å². The summed E-state index contributed by atoms with van der Waals surface area (Å²) < 4.78 is 0. The fraction of sp³-hybridized carbons (Fsp3) is 0.286. The number of rotatable bonds is 0. The SMILES string of the molecule is CC.Cc1cc(C)c2[c-]cccc2c1.[Cs+].